The Morgan fingerprint density at radius 3 is 1.77 bits per heavy atom. The molecule has 0 N–H and O–H groups in total. The van der Waals surface area contributed by atoms with Crippen LogP contribution in [0.4, 0.5) is 0 Å². The van der Waals surface area contributed by atoms with Crippen LogP contribution in [-0.2, 0) is 4.57 Å². The summed E-state index contributed by atoms with van der Waals surface area (Å²) in [5.41, 5.74) is 2.58. The number of benzene rings is 2. The molecule has 2 aromatic carbocycles. The zero-order chi connectivity index (χ0) is 15.6. The number of rotatable bonds is 3. The second-order valence-electron chi connectivity index (χ2n) is 5.87. The zero-order valence-corrected chi connectivity index (χ0v) is 14.0. The number of hydrogen-bond donors (Lipinski definition) is 0. The molecule has 1 atom stereocenters. The van der Waals surface area contributed by atoms with Gasteiger partial charge in [0, 0.05) is 16.3 Å². The Balaban J connectivity index is 2.16. The van der Waals surface area contributed by atoms with Gasteiger partial charge < -0.3 is 4.57 Å². The highest BCUT2D eigenvalue weighted by atomic mass is 31.2. The van der Waals surface area contributed by atoms with E-state index in [0.29, 0.717) is 0 Å². The minimum atomic E-state index is -2.68. The Kier molecular flexibility index (Phi) is 4.18. The summed E-state index contributed by atoms with van der Waals surface area (Å²) in [7, 11) is -2.68. The van der Waals surface area contributed by atoms with Crippen LogP contribution in [0, 0.1) is 0 Å². The van der Waals surface area contributed by atoms with E-state index in [9.17, 15) is 4.57 Å². The molecule has 22 heavy (non-hydrogen) atoms. The summed E-state index contributed by atoms with van der Waals surface area (Å²) in [5.74, 6) is 0. The number of hydrogen-bond acceptors (Lipinski definition) is 1. The maximum atomic E-state index is 14.1. The van der Waals surface area contributed by atoms with Gasteiger partial charge in [0.15, 0.2) is 0 Å². The standard InChI is InChI=1S/C20H21OP/c1-16-13-14-20(15-17(16)2)22(21,18-9-5-3-6-10-18)19-11-7-4-8-12-19/h3-13,15,20H,14H2,1-2H3/t20-/m0/s1. The summed E-state index contributed by atoms with van der Waals surface area (Å²) in [6.07, 6.45) is 5.26. The molecular weight excluding hydrogens is 287 g/mol. The lowest BCUT2D eigenvalue weighted by atomic mass is 10.0. The fraction of sp³-hybridized carbons (Fsp3) is 0.200. The van der Waals surface area contributed by atoms with Crippen LogP contribution < -0.4 is 10.6 Å². The van der Waals surface area contributed by atoms with Crippen molar-refractivity contribution in [2.24, 2.45) is 0 Å². The molecule has 1 aliphatic carbocycles. The first-order chi connectivity index (χ1) is 10.6. The molecule has 0 bridgehead atoms. The molecular formula is C20H21OP. The van der Waals surface area contributed by atoms with E-state index in [2.05, 4.69) is 26.0 Å². The monoisotopic (exact) mass is 308 g/mol. The predicted octanol–water partition coefficient (Wildman–Crippen LogP) is 4.67. The fourth-order valence-electron chi connectivity index (χ4n) is 3.03. The highest BCUT2D eigenvalue weighted by Gasteiger charge is 2.35. The van der Waals surface area contributed by atoms with Gasteiger partial charge in [0.1, 0.15) is 7.14 Å². The maximum Gasteiger partial charge on any atom is 0.150 e. The molecule has 0 unspecified atom stereocenters. The molecule has 0 saturated carbocycles. The van der Waals surface area contributed by atoms with Gasteiger partial charge in [-0.15, -0.1) is 0 Å². The van der Waals surface area contributed by atoms with Gasteiger partial charge >= 0.3 is 0 Å². The molecule has 0 heterocycles. The minimum Gasteiger partial charge on any atom is -0.313 e. The van der Waals surface area contributed by atoms with Crippen LogP contribution >= 0.6 is 7.14 Å². The average molecular weight is 308 g/mol. The second-order valence-corrected chi connectivity index (χ2v) is 8.88. The van der Waals surface area contributed by atoms with E-state index in [4.69, 9.17) is 0 Å². The van der Waals surface area contributed by atoms with Crippen molar-refractivity contribution in [3.8, 4) is 0 Å². The number of allylic oxidation sites excluding steroid dienone is 4. The largest absolute Gasteiger partial charge is 0.313 e. The molecule has 2 aromatic rings. The van der Waals surface area contributed by atoms with Crippen LogP contribution in [0.2, 0.25) is 0 Å². The summed E-state index contributed by atoms with van der Waals surface area (Å²) in [5, 5.41) is 1.89. The van der Waals surface area contributed by atoms with Crippen molar-refractivity contribution < 1.29 is 4.57 Å². The first-order valence-electron chi connectivity index (χ1n) is 7.69. The first-order valence-corrected chi connectivity index (χ1v) is 9.46. The van der Waals surface area contributed by atoms with Gasteiger partial charge in [0.25, 0.3) is 0 Å². The third-order valence-corrected chi connectivity index (χ3v) is 7.90. The van der Waals surface area contributed by atoms with Crippen molar-refractivity contribution in [3.05, 3.63) is 84.0 Å². The van der Waals surface area contributed by atoms with Crippen LogP contribution in [0.3, 0.4) is 0 Å². The van der Waals surface area contributed by atoms with Gasteiger partial charge in [0.05, 0.1) is 0 Å². The SMILES string of the molecule is CC1=CC[C@H](P(=O)(c2ccccc2)c2ccccc2)C=C1C. The summed E-state index contributed by atoms with van der Waals surface area (Å²) in [6, 6.07) is 19.9. The van der Waals surface area contributed by atoms with Crippen molar-refractivity contribution in [2.75, 3.05) is 0 Å². The fourth-order valence-corrected chi connectivity index (χ4v) is 6.16. The molecule has 112 valence electrons. The summed E-state index contributed by atoms with van der Waals surface area (Å²) in [6.45, 7) is 4.23. The molecule has 0 radical (unpaired) electrons. The van der Waals surface area contributed by atoms with Gasteiger partial charge in [-0.2, -0.15) is 0 Å². The topological polar surface area (TPSA) is 17.1 Å². The van der Waals surface area contributed by atoms with Crippen LogP contribution in [-0.4, -0.2) is 5.66 Å². The van der Waals surface area contributed by atoms with E-state index in [0.717, 1.165) is 17.0 Å². The Labute approximate surface area is 132 Å². The van der Waals surface area contributed by atoms with Crippen LogP contribution in [0.1, 0.15) is 20.3 Å². The van der Waals surface area contributed by atoms with Crippen molar-refractivity contribution in [1.29, 1.82) is 0 Å². The third kappa shape index (κ3) is 2.62. The molecule has 0 saturated heterocycles. The summed E-state index contributed by atoms with van der Waals surface area (Å²) >= 11 is 0. The lowest BCUT2D eigenvalue weighted by molar-refractivity contribution is 0.582. The van der Waals surface area contributed by atoms with E-state index >= 15 is 0 Å². The molecule has 2 heteroatoms. The molecule has 1 aliphatic rings. The molecule has 0 amide bonds. The molecule has 0 fully saturated rings. The normalized spacial score (nSPS) is 18.5. The van der Waals surface area contributed by atoms with Crippen molar-refractivity contribution in [3.63, 3.8) is 0 Å². The van der Waals surface area contributed by atoms with Gasteiger partial charge in [-0.3, -0.25) is 0 Å². The second kappa shape index (κ2) is 6.10. The van der Waals surface area contributed by atoms with E-state index in [1.807, 2.05) is 60.7 Å². The van der Waals surface area contributed by atoms with Gasteiger partial charge in [-0.1, -0.05) is 84.0 Å². The lowest BCUT2D eigenvalue weighted by Crippen LogP contribution is -2.25. The van der Waals surface area contributed by atoms with Gasteiger partial charge in [-0.05, 0) is 20.3 Å². The van der Waals surface area contributed by atoms with E-state index in [-0.39, 0.29) is 5.66 Å². The van der Waals surface area contributed by atoms with Gasteiger partial charge in [-0.25, -0.2) is 0 Å². The lowest BCUT2D eigenvalue weighted by Gasteiger charge is -2.29. The van der Waals surface area contributed by atoms with Crippen molar-refractivity contribution >= 4 is 17.8 Å². The smallest absolute Gasteiger partial charge is 0.150 e. The molecule has 3 rings (SSSR count). The van der Waals surface area contributed by atoms with E-state index < -0.39 is 7.14 Å². The third-order valence-electron chi connectivity index (χ3n) is 4.48. The molecule has 0 spiro atoms. The van der Waals surface area contributed by atoms with Crippen molar-refractivity contribution in [1.82, 2.24) is 0 Å². The molecule has 0 aliphatic heterocycles. The van der Waals surface area contributed by atoms with E-state index in [1.165, 1.54) is 11.1 Å². The van der Waals surface area contributed by atoms with Crippen molar-refractivity contribution in [2.45, 2.75) is 25.9 Å². The quantitative estimate of drug-likeness (QED) is 0.753. The summed E-state index contributed by atoms with van der Waals surface area (Å²) < 4.78 is 14.1. The Hall–Kier alpha value is -1.85. The van der Waals surface area contributed by atoms with Crippen LogP contribution in [0.25, 0.3) is 0 Å². The maximum absolute atomic E-state index is 14.1. The molecule has 1 nitrogen and oxygen atoms in total. The minimum absolute atomic E-state index is 0.0426. The van der Waals surface area contributed by atoms with Gasteiger partial charge in [0.2, 0.25) is 0 Å². The zero-order valence-electron chi connectivity index (χ0n) is 13.1. The predicted molar refractivity (Wildman–Crippen MR) is 95.7 cm³/mol. The highest BCUT2D eigenvalue weighted by molar-refractivity contribution is 7.79. The Morgan fingerprint density at radius 2 is 1.32 bits per heavy atom. The Morgan fingerprint density at radius 1 is 0.818 bits per heavy atom. The Bertz CT molecular complexity index is 713. The average Bonchev–Trinajstić information content (AvgIpc) is 2.58. The van der Waals surface area contributed by atoms with Crippen LogP contribution in [0.15, 0.2) is 84.0 Å². The van der Waals surface area contributed by atoms with Crippen LogP contribution in [0.5, 0.6) is 0 Å². The molecule has 0 aromatic heterocycles. The highest BCUT2D eigenvalue weighted by Crippen LogP contribution is 2.52. The first kappa shape index (κ1) is 15.1. The summed E-state index contributed by atoms with van der Waals surface area (Å²) in [4.78, 5) is 0. The van der Waals surface area contributed by atoms with E-state index in [1.54, 1.807) is 0 Å².